The molecule has 0 aliphatic heterocycles. The van der Waals surface area contributed by atoms with E-state index in [-0.39, 0.29) is 28.0 Å². The molecule has 0 amide bonds. The maximum atomic E-state index is 12.9. The Morgan fingerprint density at radius 2 is 1.76 bits per heavy atom. The van der Waals surface area contributed by atoms with E-state index in [2.05, 4.69) is 0 Å². The van der Waals surface area contributed by atoms with Crippen LogP contribution in [-0.4, -0.2) is 11.4 Å². The Labute approximate surface area is 145 Å². The van der Waals surface area contributed by atoms with Crippen LogP contribution in [0.4, 0.5) is 5.69 Å². The fourth-order valence-electron chi connectivity index (χ4n) is 2.56. The average molecular weight is 337 g/mol. The zero-order chi connectivity index (χ0) is 18.2. The van der Waals surface area contributed by atoms with Crippen molar-refractivity contribution in [3.8, 4) is 5.75 Å². The van der Waals surface area contributed by atoms with Gasteiger partial charge in [0, 0.05) is 11.1 Å². The lowest BCUT2D eigenvalue weighted by Crippen LogP contribution is -2.22. The van der Waals surface area contributed by atoms with E-state index < -0.39 is 5.43 Å². The zero-order valence-corrected chi connectivity index (χ0v) is 14.3. The van der Waals surface area contributed by atoms with Crippen molar-refractivity contribution in [2.75, 3.05) is 5.73 Å². The van der Waals surface area contributed by atoms with Crippen LogP contribution in [0.2, 0.25) is 0 Å². The van der Waals surface area contributed by atoms with E-state index in [4.69, 9.17) is 14.9 Å². The first-order chi connectivity index (χ1) is 11.8. The Morgan fingerprint density at radius 1 is 1.08 bits per heavy atom. The summed E-state index contributed by atoms with van der Waals surface area (Å²) >= 11 is 0. The number of carbonyl (C=O) groups excluding carboxylic acids is 1. The van der Waals surface area contributed by atoms with E-state index in [9.17, 15) is 9.59 Å². The molecule has 0 saturated carbocycles. The molecule has 0 bridgehead atoms. The summed E-state index contributed by atoms with van der Waals surface area (Å²) in [5, 5.41) is 0.197. The number of nitrogens with two attached hydrogens (primary N) is 1. The van der Waals surface area contributed by atoms with Gasteiger partial charge in [-0.2, -0.15) is 0 Å². The van der Waals surface area contributed by atoms with Crippen LogP contribution in [0.3, 0.4) is 0 Å². The molecule has 0 unspecified atom stereocenters. The molecule has 2 N–H and O–H groups in total. The molecule has 1 heterocycles. The molecule has 0 aliphatic rings. The molecule has 1 aromatic heterocycles. The summed E-state index contributed by atoms with van der Waals surface area (Å²) in [4.78, 5) is 25.2. The Kier molecular flexibility index (Phi) is 4.08. The van der Waals surface area contributed by atoms with Crippen molar-refractivity contribution in [2.45, 2.75) is 26.4 Å². The highest BCUT2D eigenvalue weighted by Gasteiger charge is 2.17. The van der Waals surface area contributed by atoms with E-state index >= 15 is 0 Å². The van der Waals surface area contributed by atoms with E-state index in [1.165, 1.54) is 6.26 Å². The van der Waals surface area contributed by atoms with Crippen LogP contribution >= 0.6 is 0 Å². The standard InChI is InChI=1S/C20H19NO4/c1-20(2,3)25-13-9-7-12(8-10-13)18(22)14-5-4-6-16-17(14)19(23)15(21)11-24-16/h4-11H,21H2,1-3H3. The summed E-state index contributed by atoms with van der Waals surface area (Å²) in [5.41, 5.74) is 5.94. The Bertz CT molecular complexity index is 995. The van der Waals surface area contributed by atoms with Gasteiger partial charge >= 0.3 is 0 Å². The monoisotopic (exact) mass is 337 g/mol. The van der Waals surface area contributed by atoms with E-state index in [1.807, 2.05) is 20.8 Å². The summed E-state index contributed by atoms with van der Waals surface area (Å²) in [6.07, 6.45) is 1.19. The first kappa shape index (κ1) is 16.8. The summed E-state index contributed by atoms with van der Waals surface area (Å²) in [7, 11) is 0. The minimum absolute atomic E-state index is 0.0262. The fourth-order valence-corrected chi connectivity index (χ4v) is 2.56. The van der Waals surface area contributed by atoms with Gasteiger partial charge in [0.25, 0.3) is 0 Å². The van der Waals surface area contributed by atoms with Crippen LogP contribution in [-0.2, 0) is 0 Å². The number of ketones is 1. The van der Waals surface area contributed by atoms with Crippen molar-refractivity contribution in [2.24, 2.45) is 0 Å². The van der Waals surface area contributed by atoms with Gasteiger partial charge in [0.05, 0.1) is 5.39 Å². The zero-order valence-electron chi connectivity index (χ0n) is 14.3. The number of hydrogen-bond donors (Lipinski definition) is 1. The Hall–Kier alpha value is -3.08. The molecule has 5 nitrogen and oxygen atoms in total. The summed E-state index contributed by atoms with van der Waals surface area (Å²) in [6, 6.07) is 11.7. The predicted octanol–water partition coefficient (Wildman–Crippen LogP) is 3.78. The van der Waals surface area contributed by atoms with Gasteiger partial charge < -0.3 is 14.9 Å². The molecule has 0 fully saturated rings. The summed E-state index contributed by atoms with van der Waals surface area (Å²) in [6.45, 7) is 5.85. The second-order valence-electron chi connectivity index (χ2n) is 6.77. The van der Waals surface area contributed by atoms with E-state index in [0.717, 1.165) is 0 Å². The number of nitrogen functional groups attached to an aromatic ring is 1. The van der Waals surface area contributed by atoms with Crippen LogP contribution in [0.5, 0.6) is 5.75 Å². The number of hydrogen-bond acceptors (Lipinski definition) is 5. The van der Waals surface area contributed by atoms with Gasteiger partial charge in [-0.1, -0.05) is 12.1 Å². The third-order valence-electron chi connectivity index (χ3n) is 3.61. The fraction of sp³-hybridized carbons (Fsp3) is 0.200. The van der Waals surface area contributed by atoms with Gasteiger partial charge in [0.15, 0.2) is 5.78 Å². The minimum atomic E-state index is -0.405. The second-order valence-corrected chi connectivity index (χ2v) is 6.77. The lowest BCUT2D eigenvalue weighted by molar-refractivity contribution is 0.104. The van der Waals surface area contributed by atoms with Crippen molar-refractivity contribution >= 4 is 22.4 Å². The van der Waals surface area contributed by atoms with Crippen LogP contribution in [0.15, 0.2) is 57.9 Å². The highest BCUT2D eigenvalue weighted by Crippen LogP contribution is 2.23. The summed E-state index contributed by atoms with van der Waals surface area (Å²) < 4.78 is 11.1. The molecule has 2 aromatic carbocycles. The second kappa shape index (κ2) is 6.09. The number of ether oxygens (including phenoxy) is 1. The lowest BCUT2D eigenvalue weighted by Gasteiger charge is -2.21. The minimum Gasteiger partial charge on any atom is -0.488 e. The molecule has 3 aromatic rings. The molecule has 0 spiro atoms. The quantitative estimate of drug-likeness (QED) is 0.735. The first-order valence-electron chi connectivity index (χ1n) is 7.90. The van der Waals surface area contributed by atoms with Gasteiger partial charge in [0.1, 0.15) is 28.9 Å². The van der Waals surface area contributed by atoms with Crippen molar-refractivity contribution in [3.63, 3.8) is 0 Å². The van der Waals surface area contributed by atoms with Gasteiger partial charge in [0.2, 0.25) is 5.43 Å². The third-order valence-corrected chi connectivity index (χ3v) is 3.61. The van der Waals surface area contributed by atoms with E-state index in [1.54, 1.807) is 42.5 Å². The van der Waals surface area contributed by atoms with Crippen molar-refractivity contribution < 1.29 is 13.9 Å². The van der Waals surface area contributed by atoms with E-state index in [0.29, 0.717) is 16.9 Å². The Morgan fingerprint density at radius 3 is 2.40 bits per heavy atom. The maximum Gasteiger partial charge on any atom is 0.216 e. The number of fused-ring (bicyclic) bond motifs is 1. The molecule has 0 atom stereocenters. The van der Waals surface area contributed by atoms with Crippen LogP contribution in [0.25, 0.3) is 11.0 Å². The highest BCUT2D eigenvalue weighted by atomic mass is 16.5. The molecule has 0 radical (unpaired) electrons. The highest BCUT2D eigenvalue weighted by molar-refractivity contribution is 6.16. The summed E-state index contributed by atoms with van der Waals surface area (Å²) in [5.74, 6) is 0.400. The number of carbonyl (C=O) groups is 1. The molecule has 5 heteroatoms. The largest absolute Gasteiger partial charge is 0.488 e. The van der Waals surface area contributed by atoms with Gasteiger partial charge in [-0.25, -0.2) is 0 Å². The Balaban J connectivity index is 2.03. The normalized spacial score (nSPS) is 11.5. The van der Waals surface area contributed by atoms with Gasteiger partial charge in [-0.05, 0) is 51.1 Å². The number of rotatable bonds is 3. The van der Waals surface area contributed by atoms with Gasteiger partial charge in [-0.15, -0.1) is 0 Å². The molecule has 3 rings (SSSR count). The third kappa shape index (κ3) is 3.40. The van der Waals surface area contributed by atoms with Crippen LogP contribution in [0, 0.1) is 0 Å². The molecule has 0 aliphatic carbocycles. The molecule has 25 heavy (non-hydrogen) atoms. The predicted molar refractivity (Wildman–Crippen MR) is 97.2 cm³/mol. The van der Waals surface area contributed by atoms with Crippen LogP contribution in [0.1, 0.15) is 36.7 Å². The first-order valence-corrected chi connectivity index (χ1v) is 7.90. The number of benzene rings is 2. The van der Waals surface area contributed by atoms with Crippen molar-refractivity contribution in [1.29, 1.82) is 0 Å². The maximum absolute atomic E-state index is 12.9. The molecule has 0 saturated heterocycles. The molecule has 128 valence electrons. The molecular weight excluding hydrogens is 318 g/mol. The lowest BCUT2D eigenvalue weighted by atomic mass is 9.99. The average Bonchev–Trinajstić information content (AvgIpc) is 2.56. The van der Waals surface area contributed by atoms with Gasteiger partial charge in [-0.3, -0.25) is 9.59 Å². The molecular formula is C20H19NO4. The topological polar surface area (TPSA) is 82.5 Å². The van der Waals surface area contributed by atoms with Crippen molar-refractivity contribution in [3.05, 3.63) is 70.1 Å². The SMILES string of the molecule is CC(C)(C)Oc1ccc(C(=O)c2cccc3occ(N)c(=O)c23)cc1. The smallest absolute Gasteiger partial charge is 0.216 e. The number of anilines is 1. The van der Waals surface area contributed by atoms with Crippen molar-refractivity contribution in [1.82, 2.24) is 0 Å². The van der Waals surface area contributed by atoms with Crippen LogP contribution < -0.4 is 15.9 Å².